The molecular formula is C18H16ClF2N5O2. The molecule has 2 N–H and O–H groups in total. The molecule has 1 fully saturated rings. The van der Waals surface area contributed by atoms with Crippen LogP contribution < -0.4 is 5.73 Å². The summed E-state index contributed by atoms with van der Waals surface area (Å²) in [7, 11) is 0. The predicted octanol–water partition coefficient (Wildman–Crippen LogP) is 3.40. The van der Waals surface area contributed by atoms with Crippen LogP contribution in [-0.4, -0.2) is 25.8 Å². The molecule has 28 heavy (non-hydrogen) atoms. The zero-order chi connectivity index (χ0) is 20.1. The van der Waals surface area contributed by atoms with Gasteiger partial charge >= 0.3 is 0 Å². The smallest absolute Gasteiger partial charge is 0.282 e. The summed E-state index contributed by atoms with van der Waals surface area (Å²) in [5, 5.41) is 8.40. The zero-order valence-corrected chi connectivity index (χ0v) is 15.6. The Kier molecular flexibility index (Phi) is 4.41. The van der Waals surface area contributed by atoms with Crippen LogP contribution in [0, 0.1) is 6.92 Å². The number of alkyl halides is 2. The monoisotopic (exact) mass is 407 g/mol. The molecular weight excluding hydrogens is 392 g/mol. The second-order valence-corrected chi connectivity index (χ2v) is 7.22. The van der Waals surface area contributed by atoms with Crippen LogP contribution in [0.5, 0.6) is 0 Å². The fraction of sp³-hybridized carbons (Fsp3) is 0.333. The van der Waals surface area contributed by atoms with Gasteiger partial charge in [0.05, 0.1) is 5.41 Å². The second kappa shape index (κ2) is 6.66. The van der Waals surface area contributed by atoms with Crippen molar-refractivity contribution in [2.45, 2.75) is 38.2 Å². The lowest BCUT2D eigenvalue weighted by Gasteiger charge is -2.16. The van der Waals surface area contributed by atoms with Crippen LogP contribution in [0.15, 0.2) is 28.8 Å². The van der Waals surface area contributed by atoms with Gasteiger partial charge < -0.3 is 10.3 Å². The van der Waals surface area contributed by atoms with Gasteiger partial charge in [-0.3, -0.25) is 4.79 Å². The molecule has 146 valence electrons. The van der Waals surface area contributed by atoms with Crippen LogP contribution >= 0.6 is 11.6 Å². The Labute approximate surface area is 163 Å². The Hall–Kier alpha value is -2.81. The number of nitrogens with two attached hydrogens (primary N) is 1. The number of rotatable bonds is 6. The number of halogens is 3. The van der Waals surface area contributed by atoms with Gasteiger partial charge in [0.15, 0.2) is 5.82 Å². The highest BCUT2D eigenvalue weighted by Gasteiger charge is 2.52. The minimum Gasteiger partial charge on any atom is -0.368 e. The van der Waals surface area contributed by atoms with Crippen LogP contribution in [-0.2, 0) is 16.8 Å². The summed E-state index contributed by atoms with van der Waals surface area (Å²) in [6.45, 7) is 1.58. The number of aromatic nitrogens is 4. The molecule has 0 aliphatic heterocycles. The van der Waals surface area contributed by atoms with Crippen LogP contribution in [0.4, 0.5) is 8.78 Å². The molecule has 0 unspecified atom stereocenters. The molecule has 3 aromatic rings. The Morgan fingerprint density at radius 1 is 1.43 bits per heavy atom. The van der Waals surface area contributed by atoms with Gasteiger partial charge in [0.2, 0.25) is 5.91 Å². The first kappa shape index (κ1) is 18.5. The summed E-state index contributed by atoms with van der Waals surface area (Å²) in [6, 6.07) is 6.75. The predicted molar refractivity (Wildman–Crippen MR) is 95.9 cm³/mol. The molecule has 0 atom stereocenters. The van der Waals surface area contributed by atoms with Crippen molar-refractivity contribution in [1.29, 1.82) is 0 Å². The van der Waals surface area contributed by atoms with E-state index in [4.69, 9.17) is 21.9 Å². The molecule has 1 aliphatic rings. The third-order valence-corrected chi connectivity index (χ3v) is 5.17. The van der Waals surface area contributed by atoms with Gasteiger partial charge in [-0.05, 0) is 43.0 Å². The van der Waals surface area contributed by atoms with E-state index in [0.717, 1.165) is 34.7 Å². The first-order valence-electron chi connectivity index (χ1n) is 8.56. The van der Waals surface area contributed by atoms with Crippen LogP contribution in [0.1, 0.15) is 41.9 Å². The van der Waals surface area contributed by atoms with Gasteiger partial charge in [-0.15, -0.1) is 0 Å². The number of nitrogens with zero attached hydrogens (tertiary/aromatic N) is 4. The summed E-state index contributed by atoms with van der Waals surface area (Å²) in [5.41, 5.74) is 6.27. The Morgan fingerprint density at radius 3 is 2.79 bits per heavy atom. The molecule has 0 spiro atoms. The lowest BCUT2D eigenvalue weighted by atomic mass is 9.91. The summed E-state index contributed by atoms with van der Waals surface area (Å²) in [4.78, 5) is 15.7. The van der Waals surface area contributed by atoms with E-state index < -0.39 is 23.4 Å². The molecule has 2 heterocycles. The zero-order valence-electron chi connectivity index (χ0n) is 14.8. The van der Waals surface area contributed by atoms with Gasteiger partial charge in [-0.1, -0.05) is 28.9 Å². The van der Waals surface area contributed by atoms with Crippen molar-refractivity contribution in [2.75, 3.05) is 0 Å². The number of carbonyl (C=O) groups excluding carboxylic acids is 1. The maximum Gasteiger partial charge on any atom is 0.282 e. The number of carbonyl (C=O) groups is 1. The highest BCUT2D eigenvalue weighted by Crippen LogP contribution is 2.55. The third-order valence-electron chi connectivity index (χ3n) is 4.85. The van der Waals surface area contributed by atoms with Crippen molar-refractivity contribution in [1.82, 2.24) is 19.9 Å². The number of hydrogen-bond acceptors (Lipinski definition) is 5. The van der Waals surface area contributed by atoms with E-state index in [-0.39, 0.29) is 18.1 Å². The molecule has 0 bridgehead atoms. The molecule has 7 nitrogen and oxygen atoms in total. The first-order valence-corrected chi connectivity index (χ1v) is 8.94. The molecule has 1 aliphatic carbocycles. The minimum atomic E-state index is -2.81. The van der Waals surface area contributed by atoms with E-state index in [9.17, 15) is 13.6 Å². The van der Waals surface area contributed by atoms with Crippen molar-refractivity contribution in [3.8, 4) is 11.6 Å². The van der Waals surface area contributed by atoms with Gasteiger partial charge in [0.1, 0.15) is 17.9 Å². The van der Waals surface area contributed by atoms with E-state index in [0.29, 0.717) is 10.8 Å². The summed E-state index contributed by atoms with van der Waals surface area (Å²) < 4.78 is 32.5. The fourth-order valence-corrected chi connectivity index (χ4v) is 3.86. The summed E-state index contributed by atoms with van der Waals surface area (Å²) in [6.07, 6.45) is -1.23. The number of primary amides is 1. The van der Waals surface area contributed by atoms with E-state index in [1.165, 1.54) is 0 Å². The molecule has 10 heteroatoms. The van der Waals surface area contributed by atoms with Crippen LogP contribution in [0.3, 0.4) is 0 Å². The standard InChI is InChI=1S/C18H16ClF2N5O2/c1-9-3-2-4-10(19)14(9)18(5-6-18)17-23-16(28-25-17)12-7-11(15(20)21)24-26(12)8-13(22)27/h2-4,7,15H,5-6,8H2,1H3,(H2,22,27). The van der Waals surface area contributed by atoms with Crippen molar-refractivity contribution in [3.63, 3.8) is 0 Å². The molecule has 1 amide bonds. The van der Waals surface area contributed by atoms with E-state index >= 15 is 0 Å². The maximum absolute atomic E-state index is 13.1. The van der Waals surface area contributed by atoms with E-state index in [2.05, 4.69) is 15.2 Å². The number of hydrogen-bond donors (Lipinski definition) is 1. The van der Waals surface area contributed by atoms with Crippen LogP contribution in [0.25, 0.3) is 11.6 Å². The lowest BCUT2D eigenvalue weighted by Crippen LogP contribution is -2.20. The van der Waals surface area contributed by atoms with Crippen molar-refractivity contribution >= 4 is 17.5 Å². The van der Waals surface area contributed by atoms with Gasteiger partial charge in [-0.2, -0.15) is 10.1 Å². The van der Waals surface area contributed by atoms with Crippen molar-refractivity contribution < 1.29 is 18.1 Å². The Morgan fingerprint density at radius 2 is 2.18 bits per heavy atom. The summed E-state index contributed by atoms with van der Waals surface area (Å²) in [5.74, 6) is -0.314. The molecule has 0 radical (unpaired) electrons. The van der Waals surface area contributed by atoms with E-state index in [1.807, 2.05) is 25.1 Å². The highest BCUT2D eigenvalue weighted by molar-refractivity contribution is 6.31. The lowest BCUT2D eigenvalue weighted by molar-refractivity contribution is -0.118. The largest absolute Gasteiger partial charge is 0.368 e. The summed E-state index contributed by atoms with van der Waals surface area (Å²) >= 11 is 6.41. The van der Waals surface area contributed by atoms with E-state index in [1.54, 1.807) is 0 Å². The first-order chi connectivity index (χ1) is 13.3. The molecule has 0 saturated heterocycles. The second-order valence-electron chi connectivity index (χ2n) is 6.82. The minimum absolute atomic E-state index is 0.00775. The van der Waals surface area contributed by atoms with Gasteiger partial charge in [0.25, 0.3) is 12.3 Å². The Balaban J connectivity index is 1.76. The Bertz CT molecular complexity index is 1040. The molecule has 2 aromatic heterocycles. The number of aryl methyl sites for hydroxylation is 1. The van der Waals surface area contributed by atoms with Crippen molar-refractivity contribution in [3.05, 3.63) is 51.9 Å². The highest BCUT2D eigenvalue weighted by atomic mass is 35.5. The average Bonchev–Trinajstić information content (AvgIpc) is 3.07. The quantitative estimate of drug-likeness (QED) is 0.675. The molecule has 1 saturated carbocycles. The molecule has 4 rings (SSSR count). The fourth-order valence-electron chi connectivity index (χ4n) is 3.45. The SMILES string of the molecule is Cc1cccc(Cl)c1C1(c2noc(-c3cc(C(F)F)nn3CC(N)=O)n2)CC1. The normalized spacial score (nSPS) is 15.2. The molecule has 1 aromatic carbocycles. The topological polar surface area (TPSA) is 99.8 Å². The van der Waals surface area contributed by atoms with Gasteiger partial charge in [0, 0.05) is 5.02 Å². The van der Waals surface area contributed by atoms with Gasteiger partial charge in [-0.25, -0.2) is 13.5 Å². The third kappa shape index (κ3) is 3.05. The van der Waals surface area contributed by atoms with Crippen molar-refractivity contribution in [2.24, 2.45) is 5.73 Å². The average molecular weight is 408 g/mol. The van der Waals surface area contributed by atoms with Crippen LogP contribution in [0.2, 0.25) is 5.02 Å². The number of benzene rings is 1. The maximum atomic E-state index is 13.1. The number of amides is 1.